The lowest BCUT2D eigenvalue weighted by Crippen LogP contribution is -2.05. The zero-order chi connectivity index (χ0) is 13.0. The minimum atomic E-state index is -0.645. The summed E-state index contributed by atoms with van der Waals surface area (Å²) in [4.78, 5) is 14.1. The lowest BCUT2D eigenvalue weighted by molar-refractivity contribution is -0.384. The quantitative estimate of drug-likeness (QED) is 0.639. The third-order valence-corrected chi connectivity index (χ3v) is 2.15. The second kappa shape index (κ2) is 4.92. The summed E-state index contributed by atoms with van der Waals surface area (Å²) in [6, 6.07) is 4.66. The molecule has 2 rings (SSSR count). The summed E-state index contributed by atoms with van der Waals surface area (Å²) in [6.07, 6.45) is 2.79. The Morgan fingerprint density at radius 2 is 2.33 bits per heavy atom. The molecule has 0 spiro atoms. The van der Waals surface area contributed by atoms with Gasteiger partial charge in [0, 0.05) is 12.3 Å². The Hall–Kier alpha value is -2.95. The Bertz CT molecular complexity index is 602. The maximum atomic E-state index is 10.9. The molecule has 2 heterocycles. The van der Waals surface area contributed by atoms with Crippen LogP contribution in [0.2, 0.25) is 0 Å². The van der Waals surface area contributed by atoms with Crippen molar-refractivity contribution >= 4 is 11.5 Å². The van der Waals surface area contributed by atoms with Gasteiger partial charge in [0.25, 0.3) is 0 Å². The highest BCUT2D eigenvalue weighted by atomic mass is 16.6. The van der Waals surface area contributed by atoms with Crippen LogP contribution in [-0.4, -0.2) is 15.1 Å². The standard InChI is InChI=1S/C10H7N5O3/c11-5-7-1-3-12-10(9(7)15(16)17)13-6-8-2-4-14-18-8/h1-4H,6H2,(H,12,13). The van der Waals surface area contributed by atoms with Crippen LogP contribution in [0.4, 0.5) is 11.5 Å². The number of nitrogens with one attached hydrogen (secondary N) is 1. The molecule has 0 saturated heterocycles. The van der Waals surface area contributed by atoms with Crippen molar-refractivity contribution in [3.8, 4) is 6.07 Å². The lowest BCUT2D eigenvalue weighted by Gasteiger charge is -2.04. The van der Waals surface area contributed by atoms with E-state index in [2.05, 4.69) is 15.5 Å². The van der Waals surface area contributed by atoms with Crippen LogP contribution in [0.3, 0.4) is 0 Å². The van der Waals surface area contributed by atoms with Gasteiger partial charge in [-0.2, -0.15) is 5.26 Å². The lowest BCUT2D eigenvalue weighted by atomic mass is 10.2. The van der Waals surface area contributed by atoms with Crippen LogP contribution in [0, 0.1) is 21.4 Å². The molecular weight excluding hydrogens is 238 g/mol. The van der Waals surface area contributed by atoms with Gasteiger partial charge in [0.05, 0.1) is 17.7 Å². The Morgan fingerprint density at radius 3 is 2.94 bits per heavy atom. The molecule has 0 aliphatic rings. The Kier molecular flexibility index (Phi) is 3.15. The molecule has 0 aliphatic carbocycles. The SMILES string of the molecule is N#Cc1ccnc(NCc2ccno2)c1[N+](=O)[O-]. The van der Waals surface area contributed by atoms with E-state index in [1.807, 2.05) is 0 Å². The van der Waals surface area contributed by atoms with Gasteiger partial charge in [-0.1, -0.05) is 5.16 Å². The molecule has 0 fully saturated rings. The monoisotopic (exact) mass is 245 g/mol. The molecule has 0 saturated carbocycles. The molecule has 8 nitrogen and oxygen atoms in total. The fourth-order valence-corrected chi connectivity index (χ4v) is 1.36. The number of nitrogens with zero attached hydrogens (tertiary/aromatic N) is 4. The van der Waals surface area contributed by atoms with Crippen LogP contribution in [-0.2, 0) is 6.54 Å². The third kappa shape index (κ3) is 2.25. The summed E-state index contributed by atoms with van der Waals surface area (Å²) in [5.41, 5.74) is -0.394. The van der Waals surface area contributed by atoms with E-state index in [4.69, 9.17) is 9.78 Å². The molecular formula is C10H7N5O3. The molecule has 1 N–H and O–H groups in total. The van der Waals surface area contributed by atoms with Gasteiger partial charge in [0.15, 0.2) is 5.76 Å². The van der Waals surface area contributed by atoms with Crippen molar-refractivity contribution in [3.63, 3.8) is 0 Å². The van der Waals surface area contributed by atoms with E-state index in [1.165, 1.54) is 18.5 Å². The van der Waals surface area contributed by atoms with Gasteiger partial charge in [-0.25, -0.2) is 4.98 Å². The molecule has 0 unspecified atom stereocenters. The summed E-state index contributed by atoms with van der Waals surface area (Å²) in [6.45, 7) is 0.197. The summed E-state index contributed by atoms with van der Waals surface area (Å²) in [7, 11) is 0. The molecule has 2 aromatic rings. The second-order valence-corrected chi connectivity index (χ2v) is 3.26. The topological polar surface area (TPSA) is 118 Å². The van der Waals surface area contributed by atoms with Gasteiger partial charge in [-0.3, -0.25) is 10.1 Å². The first-order valence-corrected chi connectivity index (χ1v) is 4.89. The Labute approximate surface area is 101 Å². The van der Waals surface area contributed by atoms with E-state index in [-0.39, 0.29) is 23.6 Å². The van der Waals surface area contributed by atoms with Crippen LogP contribution in [0.1, 0.15) is 11.3 Å². The number of hydrogen-bond donors (Lipinski definition) is 1. The van der Waals surface area contributed by atoms with Gasteiger partial charge in [0.1, 0.15) is 11.6 Å². The van der Waals surface area contributed by atoms with Crippen molar-refractivity contribution in [2.24, 2.45) is 0 Å². The predicted octanol–water partition coefficient (Wildman–Crippen LogP) is 1.46. The third-order valence-electron chi connectivity index (χ3n) is 2.15. The molecule has 18 heavy (non-hydrogen) atoms. The van der Waals surface area contributed by atoms with E-state index >= 15 is 0 Å². The predicted molar refractivity (Wildman–Crippen MR) is 59.4 cm³/mol. The fraction of sp³-hybridized carbons (Fsp3) is 0.100. The maximum absolute atomic E-state index is 10.9. The van der Waals surface area contributed by atoms with E-state index < -0.39 is 4.92 Å². The molecule has 2 aromatic heterocycles. The Morgan fingerprint density at radius 1 is 1.50 bits per heavy atom. The van der Waals surface area contributed by atoms with Crippen molar-refractivity contribution in [1.29, 1.82) is 5.26 Å². The molecule has 0 radical (unpaired) electrons. The number of hydrogen-bond acceptors (Lipinski definition) is 7. The van der Waals surface area contributed by atoms with Gasteiger partial charge < -0.3 is 9.84 Å². The zero-order valence-electron chi connectivity index (χ0n) is 9.03. The largest absolute Gasteiger partial charge is 0.360 e. The van der Waals surface area contributed by atoms with Crippen LogP contribution >= 0.6 is 0 Å². The molecule has 0 aromatic carbocycles. The van der Waals surface area contributed by atoms with E-state index in [0.29, 0.717) is 5.76 Å². The maximum Gasteiger partial charge on any atom is 0.328 e. The van der Waals surface area contributed by atoms with Crippen molar-refractivity contribution in [3.05, 3.63) is 46.0 Å². The van der Waals surface area contributed by atoms with Crippen LogP contribution in [0.15, 0.2) is 29.0 Å². The minimum Gasteiger partial charge on any atom is -0.360 e. The first-order valence-electron chi connectivity index (χ1n) is 4.89. The van der Waals surface area contributed by atoms with Gasteiger partial charge >= 0.3 is 5.69 Å². The molecule has 0 aliphatic heterocycles. The van der Waals surface area contributed by atoms with Crippen molar-refractivity contribution < 1.29 is 9.45 Å². The molecule has 0 amide bonds. The number of nitro groups is 1. The van der Waals surface area contributed by atoms with Crippen LogP contribution < -0.4 is 5.32 Å². The number of nitriles is 1. The van der Waals surface area contributed by atoms with Crippen LogP contribution in [0.25, 0.3) is 0 Å². The van der Waals surface area contributed by atoms with Crippen molar-refractivity contribution in [2.75, 3.05) is 5.32 Å². The molecule has 0 bridgehead atoms. The highest BCUT2D eigenvalue weighted by molar-refractivity contribution is 5.63. The highest BCUT2D eigenvalue weighted by Gasteiger charge is 2.21. The first-order chi connectivity index (χ1) is 8.72. The average Bonchev–Trinajstić information content (AvgIpc) is 2.88. The molecule has 90 valence electrons. The Balaban J connectivity index is 2.27. The minimum absolute atomic E-state index is 0.0236. The van der Waals surface area contributed by atoms with Gasteiger partial charge in [0.2, 0.25) is 5.82 Å². The number of rotatable bonds is 4. The summed E-state index contributed by atoms with van der Waals surface area (Å²) in [5, 5.41) is 25.9. The summed E-state index contributed by atoms with van der Waals surface area (Å²) >= 11 is 0. The second-order valence-electron chi connectivity index (χ2n) is 3.26. The highest BCUT2D eigenvalue weighted by Crippen LogP contribution is 2.25. The first kappa shape index (κ1) is 11.5. The van der Waals surface area contributed by atoms with Gasteiger partial charge in [-0.05, 0) is 6.07 Å². The average molecular weight is 245 g/mol. The van der Waals surface area contributed by atoms with E-state index in [9.17, 15) is 10.1 Å². The summed E-state index contributed by atoms with van der Waals surface area (Å²) in [5.74, 6) is 0.531. The van der Waals surface area contributed by atoms with Gasteiger partial charge in [-0.15, -0.1) is 0 Å². The van der Waals surface area contributed by atoms with Crippen LogP contribution in [0.5, 0.6) is 0 Å². The van der Waals surface area contributed by atoms with Crippen molar-refractivity contribution in [2.45, 2.75) is 6.54 Å². The smallest absolute Gasteiger partial charge is 0.328 e. The fourth-order valence-electron chi connectivity index (χ4n) is 1.36. The normalized spacial score (nSPS) is 9.72. The van der Waals surface area contributed by atoms with Crippen molar-refractivity contribution in [1.82, 2.24) is 10.1 Å². The summed E-state index contributed by atoms with van der Waals surface area (Å²) < 4.78 is 4.84. The van der Waals surface area contributed by atoms with E-state index in [0.717, 1.165) is 0 Å². The molecule has 8 heteroatoms. The number of aromatic nitrogens is 2. The molecule has 0 atom stereocenters. The zero-order valence-corrected chi connectivity index (χ0v) is 9.03. The number of anilines is 1. The number of pyridine rings is 1. The van der Waals surface area contributed by atoms with E-state index in [1.54, 1.807) is 12.1 Å².